The summed E-state index contributed by atoms with van der Waals surface area (Å²) in [6.07, 6.45) is 12.4. The van der Waals surface area contributed by atoms with E-state index < -0.39 is 12.2 Å². The van der Waals surface area contributed by atoms with Crippen LogP contribution in [0.4, 0.5) is 13.2 Å². The summed E-state index contributed by atoms with van der Waals surface area (Å²) < 4.78 is 39.6. The lowest BCUT2D eigenvalue weighted by molar-refractivity contribution is -0.163. The fourth-order valence-electron chi connectivity index (χ4n) is 3.69. The highest BCUT2D eigenvalue weighted by Crippen LogP contribution is 2.26. The van der Waals surface area contributed by atoms with Crippen molar-refractivity contribution in [2.75, 3.05) is 32.7 Å². The second kappa shape index (κ2) is 10.5. The Morgan fingerprint density at radius 2 is 2.16 bits per heavy atom. The molecule has 0 amide bonds. The second-order valence-electron chi connectivity index (χ2n) is 7.52. The summed E-state index contributed by atoms with van der Waals surface area (Å²) in [5.41, 5.74) is 4.65. The predicted molar refractivity (Wildman–Crippen MR) is 119 cm³/mol. The number of halogens is 3. The minimum Gasteiger partial charge on any atom is -0.386 e. The van der Waals surface area contributed by atoms with Crippen molar-refractivity contribution >= 4 is 5.71 Å². The van der Waals surface area contributed by atoms with E-state index in [9.17, 15) is 13.2 Å². The van der Waals surface area contributed by atoms with Crippen LogP contribution in [0, 0.1) is 0 Å². The maximum absolute atomic E-state index is 13.2. The smallest absolute Gasteiger partial charge is 0.386 e. The SMILES string of the molecule is C\C=C/N=C1\C=C(CNC2=CNCC=C2N2CCNC(C(F)(F)F)C2)C=C\C1=C/CC. The van der Waals surface area contributed by atoms with E-state index in [1.807, 2.05) is 37.4 Å². The molecule has 1 fully saturated rings. The molecule has 2 heterocycles. The van der Waals surface area contributed by atoms with Gasteiger partial charge in [-0.2, -0.15) is 13.2 Å². The molecule has 1 saturated heterocycles. The van der Waals surface area contributed by atoms with Crippen molar-refractivity contribution in [3.63, 3.8) is 0 Å². The number of alkyl halides is 3. The van der Waals surface area contributed by atoms with Gasteiger partial charge in [0.05, 0.1) is 17.1 Å². The van der Waals surface area contributed by atoms with E-state index in [4.69, 9.17) is 0 Å². The summed E-state index contributed by atoms with van der Waals surface area (Å²) in [7, 11) is 0. The highest BCUT2D eigenvalue weighted by atomic mass is 19.4. The van der Waals surface area contributed by atoms with Crippen molar-refractivity contribution in [3.05, 3.63) is 71.4 Å². The average Bonchev–Trinajstić information content (AvgIpc) is 2.77. The maximum atomic E-state index is 13.2. The van der Waals surface area contributed by atoms with Crippen LogP contribution in [0.1, 0.15) is 20.3 Å². The Morgan fingerprint density at radius 3 is 2.90 bits per heavy atom. The number of aliphatic imine (C=N–C) groups is 1. The van der Waals surface area contributed by atoms with Crippen molar-refractivity contribution in [1.29, 1.82) is 0 Å². The van der Waals surface area contributed by atoms with E-state index in [-0.39, 0.29) is 6.54 Å². The molecular formula is C23H30F3N5. The Hall–Kier alpha value is -2.74. The van der Waals surface area contributed by atoms with Gasteiger partial charge >= 0.3 is 6.18 Å². The fraction of sp³-hybridized carbons (Fsp3) is 0.435. The molecule has 0 spiro atoms. The number of hydrogen-bond donors (Lipinski definition) is 3. The van der Waals surface area contributed by atoms with E-state index in [1.165, 1.54) is 0 Å². The van der Waals surface area contributed by atoms with E-state index in [1.54, 1.807) is 11.1 Å². The standard InChI is InChI=1S/C23H30F3N5/c1-3-5-18-7-6-17(13-19(18)28-9-4-2)14-30-20-15-27-10-8-21(20)31-12-11-29-22(16-31)23(24,25)26/h4-9,13,15,22,27,29-30H,3,10-12,14,16H2,1-2H3/b9-4-,18-5+,28-19+. The van der Waals surface area contributed by atoms with Gasteiger partial charge in [-0.05, 0) is 36.6 Å². The van der Waals surface area contributed by atoms with Crippen LogP contribution in [0.5, 0.6) is 0 Å². The predicted octanol–water partition coefficient (Wildman–Crippen LogP) is 3.55. The number of hydrogen-bond acceptors (Lipinski definition) is 5. The number of allylic oxidation sites excluding steroid dienone is 5. The summed E-state index contributed by atoms with van der Waals surface area (Å²) in [5.74, 6) is 0. The number of dihydropyridines is 1. The molecule has 1 atom stereocenters. The monoisotopic (exact) mass is 433 g/mol. The lowest BCUT2D eigenvalue weighted by Gasteiger charge is -2.39. The first-order chi connectivity index (χ1) is 14.9. The second-order valence-corrected chi connectivity index (χ2v) is 7.52. The molecule has 3 N–H and O–H groups in total. The van der Waals surface area contributed by atoms with Crippen molar-refractivity contribution < 1.29 is 13.2 Å². The highest BCUT2D eigenvalue weighted by Gasteiger charge is 2.42. The van der Waals surface area contributed by atoms with Crippen molar-refractivity contribution in [3.8, 4) is 0 Å². The molecule has 2 aliphatic heterocycles. The molecule has 0 bridgehead atoms. The maximum Gasteiger partial charge on any atom is 0.405 e. The molecule has 8 heteroatoms. The van der Waals surface area contributed by atoms with E-state index >= 15 is 0 Å². The zero-order valence-corrected chi connectivity index (χ0v) is 18.0. The van der Waals surface area contributed by atoms with E-state index in [0.717, 1.165) is 34.7 Å². The van der Waals surface area contributed by atoms with Crippen LogP contribution in [0.3, 0.4) is 0 Å². The van der Waals surface area contributed by atoms with Gasteiger partial charge in [0, 0.05) is 45.1 Å². The van der Waals surface area contributed by atoms with Gasteiger partial charge in [-0.25, -0.2) is 0 Å². The number of nitrogens with one attached hydrogen (secondary N) is 3. The molecule has 0 aromatic rings. The molecule has 0 saturated carbocycles. The van der Waals surface area contributed by atoms with Gasteiger partial charge in [-0.3, -0.25) is 4.99 Å². The van der Waals surface area contributed by atoms with Gasteiger partial charge in [0.15, 0.2) is 0 Å². The van der Waals surface area contributed by atoms with Gasteiger partial charge < -0.3 is 20.9 Å². The topological polar surface area (TPSA) is 51.7 Å². The molecule has 31 heavy (non-hydrogen) atoms. The third kappa shape index (κ3) is 6.13. The zero-order valence-electron chi connectivity index (χ0n) is 18.0. The highest BCUT2D eigenvalue weighted by molar-refractivity contribution is 6.12. The number of piperazine rings is 1. The van der Waals surface area contributed by atoms with E-state index in [2.05, 4.69) is 40.0 Å². The summed E-state index contributed by atoms with van der Waals surface area (Å²) >= 11 is 0. The quantitative estimate of drug-likeness (QED) is 0.600. The molecule has 3 rings (SSSR count). The van der Waals surface area contributed by atoms with Crippen molar-refractivity contribution in [2.24, 2.45) is 4.99 Å². The summed E-state index contributed by atoms with van der Waals surface area (Å²) in [4.78, 5) is 6.32. The molecule has 0 aromatic carbocycles. The minimum absolute atomic E-state index is 0.0950. The Morgan fingerprint density at radius 1 is 1.32 bits per heavy atom. The van der Waals surface area contributed by atoms with Gasteiger partial charge in [-0.15, -0.1) is 0 Å². The number of nitrogens with zero attached hydrogens (tertiary/aromatic N) is 2. The minimum atomic E-state index is -4.26. The molecule has 3 aliphatic rings. The van der Waals surface area contributed by atoms with Crippen LogP contribution in [0.25, 0.3) is 0 Å². The third-order valence-electron chi connectivity index (χ3n) is 5.21. The first kappa shape index (κ1) is 22.9. The van der Waals surface area contributed by atoms with Gasteiger partial charge in [0.2, 0.25) is 0 Å². The molecule has 5 nitrogen and oxygen atoms in total. The number of rotatable bonds is 6. The molecular weight excluding hydrogens is 403 g/mol. The largest absolute Gasteiger partial charge is 0.405 e. The third-order valence-corrected chi connectivity index (χ3v) is 5.21. The molecule has 0 radical (unpaired) electrons. The summed E-state index contributed by atoms with van der Waals surface area (Å²) in [6, 6.07) is -1.52. The Kier molecular flexibility index (Phi) is 7.79. The van der Waals surface area contributed by atoms with Crippen molar-refractivity contribution in [2.45, 2.75) is 32.5 Å². The lowest BCUT2D eigenvalue weighted by Crippen LogP contribution is -2.57. The molecule has 1 aliphatic carbocycles. The molecule has 168 valence electrons. The molecule has 0 aromatic heterocycles. The first-order valence-corrected chi connectivity index (χ1v) is 10.6. The van der Waals surface area contributed by atoms with Crippen LogP contribution in [0.2, 0.25) is 0 Å². The lowest BCUT2D eigenvalue weighted by atomic mass is 9.99. The molecule has 1 unspecified atom stereocenters. The first-order valence-electron chi connectivity index (χ1n) is 10.6. The fourth-order valence-corrected chi connectivity index (χ4v) is 3.69. The normalized spacial score (nSPS) is 24.9. The van der Waals surface area contributed by atoms with Crippen LogP contribution in [-0.2, 0) is 0 Å². The Labute approximate surface area is 181 Å². The Balaban J connectivity index is 1.69. The average molecular weight is 434 g/mol. The van der Waals surface area contributed by atoms with Crippen LogP contribution in [0.15, 0.2) is 76.4 Å². The van der Waals surface area contributed by atoms with Crippen molar-refractivity contribution in [1.82, 2.24) is 20.9 Å². The van der Waals surface area contributed by atoms with Gasteiger partial charge in [0.25, 0.3) is 0 Å². The van der Waals surface area contributed by atoms with E-state index in [0.29, 0.717) is 26.2 Å². The van der Waals surface area contributed by atoms with Crippen LogP contribution < -0.4 is 16.0 Å². The summed E-state index contributed by atoms with van der Waals surface area (Å²) in [5, 5.41) is 9.11. The van der Waals surface area contributed by atoms with Gasteiger partial charge in [0.1, 0.15) is 6.04 Å². The zero-order chi connectivity index (χ0) is 22.3. The van der Waals surface area contributed by atoms with Crippen LogP contribution in [-0.4, -0.2) is 55.6 Å². The summed E-state index contributed by atoms with van der Waals surface area (Å²) in [6.45, 7) is 5.89. The van der Waals surface area contributed by atoms with Gasteiger partial charge in [-0.1, -0.05) is 31.2 Å². The Bertz CT molecular complexity index is 859. The van der Waals surface area contributed by atoms with Crippen LogP contribution >= 0.6 is 0 Å².